The van der Waals surface area contributed by atoms with E-state index in [-0.39, 0.29) is 11.4 Å². The van der Waals surface area contributed by atoms with Crippen molar-refractivity contribution in [1.29, 1.82) is 0 Å². The highest BCUT2D eigenvalue weighted by Gasteiger charge is 2.37. The molecule has 1 aromatic rings. The lowest BCUT2D eigenvalue weighted by Crippen LogP contribution is -2.51. The van der Waals surface area contributed by atoms with Crippen LogP contribution >= 0.6 is 11.6 Å². The first-order valence-electron chi connectivity index (χ1n) is 6.93. The molecule has 116 valence electrons. The smallest absolute Gasteiger partial charge is 0.345 e. The number of carbonyl (C=O) groups excluding carboxylic acids is 1. The summed E-state index contributed by atoms with van der Waals surface area (Å²) in [6.45, 7) is 0. The minimum absolute atomic E-state index is 0.215. The number of hydrogen-bond donors (Lipinski definition) is 1. The monoisotopic (exact) mass is 319 g/mol. The summed E-state index contributed by atoms with van der Waals surface area (Å²) >= 11 is 5.96. The number of nitrogens with one attached hydrogen (secondary N) is 1. The summed E-state index contributed by atoms with van der Waals surface area (Å²) in [6.07, 6.45) is -0.225. The van der Waals surface area contributed by atoms with Gasteiger partial charge in [-0.2, -0.15) is 13.2 Å². The van der Waals surface area contributed by atoms with Gasteiger partial charge in [-0.1, -0.05) is 31.4 Å². The van der Waals surface area contributed by atoms with Crippen LogP contribution in [0.5, 0.6) is 0 Å². The number of rotatable bonds is 3. The lowest BCUT2D eigenvalue weighted by atomic mass is 9.83. The van der Waals surface area contributed by atoms with Crippen molar-refractivity contribution in [3.63, 3.8) is 0 Å². The molecule has 2 nitrogen and oxygen atoms in total. The van der Waals surface area contributed by atoms with Crippen molar-refractivity contribution in [3.05, 3.63) is 35.4 Å². The van der Waals surface area contributed by atoms with Gasteiger partial charge < -0.3 is 5.32 Å². The highest BCUT2D eigenvalue weighted by molar-refractivity contribution is 6.19. The van der Waals surface area contributed by atoms with E-state index in [1.54, 1.807) is 0 Å². The third-order valence-electron chi connectivity index (χ3n) is 3.92. The fourth-order valence-electron chi connectivity index (χ4n) is 2.76. The van der Waals surface area contributed by atoms with Crippen molar-refractivity contribution in [2.24, 2.45) is 0 Å². The Bertz CT molecular complexity index is 510. The van der Waals surface area contributed by atoms with Crippen molar-refractivity contribution in [1.82, 2.24) is 5.32 Å². The SMILES string of the molecule is O=C(NC1(CCl)CCCCC1)c1ccccc1C(F)(F)F. The van der Waals surface area contributed by atoms with E-state index < -0.39 is 23.2 Å². The summed E-state index contributed by atoms with van der Waals surface area (Å²) < 4.78 is 38.9. The summed E-state index contributed by atoms with van der Waals surface area (Å²) in [4.78, 5) is 12.3. The predicted molar refractivity (Wildman–Crippen MR) is 75.4 cm³/mol. The van der Waals surface area contributed by atoms with E-state index in [2.05, 4.69) is 5.32 Å². The zero-order chi connectivity index (χ0) is 15.5. The standard InChI is InChI=1S/C15H17ClF3NO/c16-10-14(8-4-1-5-9-14)20-13(21)11-6-2-3-7-12(11)15(17,18)19/h2-3,6-7H,1,4-5,8-10H2,(H,20,21). The fraction of sp³-hybridized carbons (Fsp3) is 0.533. The Hall–Kier alpha value is -1.23. The average Bonchev–Trinajstić information content (AvgIpc) is 2.47. The second-order valence-corrected chi connectivity index (χ2v) is 5.74. The van der Waals surface area contributed by atoms with Gasteiger partial charge in [0.1, 0.15) is 0 Å². The van der Waals surface area contributed by atoms with E-state index >= 15 is 0 Å². The van der Waals surface area contributed by atoms with Crippen LogP contribution in [0.25, 0.3) is 0 Å². The fourth-order valence-corrected chi connectivity index (χ4v) is 3.09. The maximum atomic E-state index is 13.0. The molecule has 1 amide bonds. The Balaban J connectivity index is 2.24. The molecule has 1 aliphatic carbocycles. The Kier molecular flexibility index (Phi) is 4.81. The maximum absolute atomic E-state index is 13.0. The zero-order valence-electron chi connectivity index (χ0n) is 11.5. The van der Waals surface area contributed by atoms with Gasteiger partial charge in [0, 0.05) is 5.88 Å². The molecule has 1 fully saturated rings. The van der Waals surface area contributed by atoms with Crippen molar-refractivity contribution < 1.29 is 18.0 Å². The molecule has 2 rings (SSSR count). The normalized spacial score (nSPS) is 18.3. The summed E-state index contributed by atoms with van der Waals surface area (Å²) in [7, 11) is 0. The van der Waals surface area contributed by atoms with Crippen LogP contribution < -0.4 is 5.32 Å². The second kappa shape index (κ2) is 6.26. The minimum Gasteiger partial charge on any atom is -0.345 e. The van der Waals surface area contributed by atoms with E-state index in [4.69, 9.17) is 11.6 Å². The molecule has 0 aromatic heterocycles. The second-order valence-electron chi connectivity index (χ2n) is 5.47. The molecule has 0 aliphatic heterocycles. The molecular formula is C15H17ClF3NO. The van der Waals surface area contributed by atoms with E-state index in [1.807, 2.05) is 0 Å². The Morgan fingerprint density at radius 2 is 1.81 bits per heavy atom. The maximum Gasteiger partial charge on any atom is 0.417 e. The van der Waals surface area contributed by atoms with Crippen LogP contribution in [0.15, 0.2) is 24.3 Å². The van der Waals surface area contributed by atoms with E-state index in [1.165, 1.54) is 18.2 Å². The number of alkyl halides is 4. The first-order valence-corrected chi connectivity index (χ1v) is 7.46. The van der Waals surface area contributed by atoms with Crippen LogP contribution in [-0.4, -0.2) is 17.3 Å². The van der Waals surface area contributed by atoms with Crippen molar-refractivity contribution in [3.8, 4) is 0 Å². The third kappa shape index (κ3) is 3.70. The molecule has 0 saturated heterocycles. The largest absolute Gasteiger partial charge is 0.417 e. The van der Waals surface area contributed by atoms with Crippen molar-refractivity contribution in [2.45, 2.75) is 43.8 Å². The third-order valence-corrected chi connectivity index (χ3v) is 4.43. The number of benzene rings is 1. The molecule has 6 heteroatoms. The van der Waals surface area contributed by atoms with E-state index in [9.17, 15) is 18.0 Å². The average molecular weight is 320 g/mol. The minimum atomic E-state index is -4.55. The summed E-state index contributed by atoms with van der Waals surface area (Å²) in [5.41, 5.74) is -1.85. The highest BCUT2D eigenvalue weighted by Crippen LogP contribution is 2.33. The molecule has 0 radical (unpaired) electrons. The number of carbonyl (C=O) groups is 1. The van der Waals surface area contributed by atoms with E-state index in [0.717, 1.165) is 25.3 Å². The van der Waals surface area contributed by atoms with Crippen molar-refractivity contribution in [2.75, 3.05) is 5.88 Å². The number of halogens is 4. The first kappa shape index (κ1) is 16.1. The molecule has 1 saturated carbocycles. The van der Waals surface area contributed by atoms with Gasteiger partial charge in [-0.3, -0.25) is 4.79 Å². The molecule has 1 aromatic carbocycles. The molecule has 0 heterocycles. The van der Waals surface area contributed by atoms with Gasteiger partial charge in [0.25, 0.3) is 5.91 Å². The zero-order valence-corrected chi connectivity index (χ0v) is 12.2. The van der Waals surface area contributed by atoms with Crippen LogP contribution in [0.4, 0.5) is 13.2 Å². The number of amides is 1. The summed E-state index contributed by atoms with van der Waals surface area (Å²) in [5.74, 6) is -0.488. The molecular weight excluding hydrogens is 303 g/mol. The Morgan fingerprint density at radius 1 is 1.19 bits per heavy atom. The van der Waals surface area contributed by atoms with Gasteiger partial charge in [-0.15, -0.1) is 11.6 Å². The lowest BCUT2D eigenvalue weighted by Gasteiger charge is -2.36. The van der Waals surface area contributed by atoms with Gasteiger partial charge in [-0.05, 0) is 25.0 Å². The molecule has 0 bridgehead atoms. The molecule has 21 heavy (non-hydrogen) atoms. The first-order chi connectivity index (χ1) is 9.88. The van der Waals surface area contributed by atoms with Crippen LogP contribution in [0.2, 0.25) is 0 Å². The molecule has 0 unspecified atom stereocenters. The van der Waals surface area contributed by atoms with Gasteiger partial charge in [0.05, 0.1) is 16.7 Å². The quantitative estimate of drug-likeness (QED) is 0.823. The summed E-state index contributed by atoms with van der Waals surface area (Å²) in [5, 5.41) is 2.74. The molecule has 0 spiro atoms. The Labute approximate surface area is 126 Å². The van der Waals surface area contributed by atoms with Gasteiger partial charge in [0.15, 0.2) is 0 Å². The van der Waals surface area contributed by atoms with Crippen LogP contribution in [0.1, 0.15) is 48.0 Å². The van der Waals surface area contributed by atoms with Crippen molar-refractivity contribution >= 4 is 17.5 Å². The Morgan fingerprint density at radius 3 is 2.38 bits per heavy atom. The van der Waals surface area contributed by atoms with Crippen LogP contribution in [0, 0.1) is 0 Å². The molecule has 1 N–H and O–H groups in total. The summed E-state index contributed by atoms with van der Waals surface area (Å²) in [6, 6.07) is 4.82. The predicted octanol–water partition coefficient (Wildman–Crippen LogP) is 4.38. The van der Waals surface area contributed by atoms with Gasteiger partial charge in [0.2, 0.25) is 0 Å². The van der Waals surface area contributed by atoms with Gasteiger partial charge >= 0.3 is 6.18 Å². The highest BCUT2D eigenvalue weighted by atomic mass is 35.5. The topological polar surface area (TPSA) is 29.1 Å². The van der Waals surface area contributed by atoms with Gasteiger partial charge in [-0.25, -0.2) is 0 Å². The lowest BCUT2D eigenvalue weighted by molar-refractivity contribution is -0.138. The van der Waals surface area contributed by atoms with Crippen LogP contribution in [0.3, 0.4) is 0 Å². The number of hydrogen-bond acceptors (Lipinski definition) is 1. The molecule has 1 aliphatic rings. The van der Waals surface area contributed by atoms with Crippen LogP contribution in [-0.2, 0) is 6.18 Å². The molecule has 0 atom stereocenters. The van der Waals surface area contributed by atoms with E-state index in [0.29, 0.717) is 12.8 Å².